The zero-order valence-electron chi connectivity index (χ0n) is 23.1. The zero-order valence-corrected chi connectivity index (χ0v) is 23.1. The Bertz CT molecular complexity index is 835. The van der Waals surface area contributed by atoms with Gasteiger partial charge < -0.3 is 52.1 Å². The van der Waals surface area contributed by atoms with E-state index in [1.54, 1.807) is 34.8 Å². The lowest BCUT2D eigenvalue weighted by Crippen LogP contribution is -2.43. The third-order valence-corrected chi connectivity index (χ3v) is 7.10. The lowest BCUT2D eigenvalue weighted by Gasteiger charge is -2.28. The van der Waals surface area contributed by atoms with Gasteiger partial charge in [0.15, 0.2) is 41.9 Å². The zero-order chi connectivity index (χ0) is 27.0. The minimum Gasteiger partial charge on any atom is -0.376 e. The highest BCUT2D eigenvalue weighted by molar-refractivity contribution is 4.99. The summed E-state index contributed by atoms with van der Waals surface area (Å²) in [4.78, 5) is 0. The Morgan fingerprint density at radius 2 is 1.03 bits per heavy atom. The van der Waals surface area contributed by atoms with Crippen molar-refractivity contribution in [3.8, 4) is 0 Å². The van der Waals surface area contributed by atoms with Crippen molar-refractivity contribution < 1.29 is 56.5 Å². The van der Waals surface area contributed by atoms with Crippen LogP contribution < -0.4 is 0 Å². The maximum Gasteiger partial charge on any atom is 0.190 e. The molecule has 37 heavy (non-hydrogen) atoms. The summed E-state index contributed by atoms with van der Waals surface area (Å²) in [6, 6.07) is 0. The quantitative estimate of drug-likeness (QED) is 0.531. The highest BCUT2D eigenvalue weighted by Gasteiger charge is 2.60. The van der Waals surface area contributed by atoms with Gasteiger partial charge in [0.2, 0.25) is 0 Å². The smallest absolute Gasteiger partial charge is 0.190 e. The molecule has 0 radical (unpaired) electrons. The molecule has 11 nitrogen and oxygen atoms in total. The highest BCUT2D eigenvalue weighted by atomic mass is 19.1. The van der Waals surface area contributed by atoms with Crippen LogP contribution in [0.4, 0.5) is 4.39 Å². The first-order valence-electron chi connectivity index (χ1n) is 12.9. The van der Waals surface area contributed by atoms with Crippen molar-refractivity contribution in [3.63, 3.8) is 0 Å². The van der Waals surface area contributed by atoms with E-state index in [9.17, 15) is 4.39 Å². The standard InChI is InChI=1S/C13H22O6.C12H19FO5/c1-12(2)15-6-7(17-12)8-9(14-5)10-11(16-8)19-13(3,4)18-10;1-11(2)14-5-6(16-11)8-7(13)9-10(15-8)18-12(3,4)17-9/h7-11H,6H2,1-5H3;6-10H,5H2,1-4H3/t7-,8?,9?,10?,11?;6-,7?,8-,9-,10-/m01/s1. The van der Waals surface area contributed by atoms with E-state index in [-0.39, 0.29) is 24.4 Å². The van der Waals surface area contributed by atoms with Gasteiger partial charge in [-0.2, -0.15) is 0 Å². The molecule has 0 N–H and O–H groups in total. The Kier molecular flexibility index (Phi) is 7.24. The van der Waals surface area contributed by atoms with Gasteiger partial charge in [-0.3, -0.25) is 0 Å². The predicted octanol–water partition coefficient (Wildman–Crippen LogP) is 2.38. The van der Waals surface area contributed by atoms with Crippen LogP contribution in [0.2, 0.25) is 0 Å². The second-order valence-electron chi connectivity index (χ2n) is 12.0. The summed E-state index contributed by atoms with van der Waals surface area (Å²) < 4.78 is 76.4. The number of alkyl halides is 1. The number of hydrogen-bond acceptors (Lipinski definition) is 11. The van der Waals surface area contributed by atoms with E-state index >= 15 is 0 Å². The van der Waals surface area contributed by atoms with Gasteiger partial charge in [-0.25, -0.2) is 4.39 Å². The average molecular weight is 537 g/mol. The van der Waals surface area contributed by atoms with E-state index in [1.165, 1.54) is 0 Å². The molecule has 0 aromatic heterocycles. The van der Waals surface area contributed by atoms with Crippen molar-refractivity contribution in [2.45, 2.75) is 140 Å². The van der Waals surface area contributed by atoms with Crippen molar-refractivity contribution in [3.05, 3.63) is 0 Å². The van der Waals surface area contributed by atoms with E-state index in [4.69, 9.17) is 52.1 Å². The van der Waals surface area contributed by atoms with E-state index in [0.29, 0.717) is 13.2 Å². The molecule has 6 heterocycles. The number of hydrogen-bond donors (Lipinski definition) is 0. The van der Waals surface area contributed by atoms with E-state index in [1.807, 2.05) is 27.7 Å². The Balaban J connectivity index is 0.000000152. The summed E-state index contributed by atoms with van der Waals surface area (Å²) in [7, 11) is 1.65. The number of rotatable bonds is 3. The summed E-state index contributed by atoms with van der Waals surface area (Å²) >= 11 is 0. The SMILES string of the molecule is CC1(C)O[C@H]2O[C@H]([C@H]3COC(C)(C)O3)C(F)[C@H]2O1.COC1C2OC(C)(C)OC2OC1[C@@H]1COC(C)(C)O1. The molecule has 0 saturated carbocycles. The summed E-state index contributed by atoms with van der Waals surface area (Å²) in [5.74, 6) is -2.70. The van der Waals surface area contributed by atoms with Crippen LogP contribution in [0.25, 0.3) is 0 Å². The molecule has 0 amide bonds. The van der Waals surface area contributed by atoms with Crippen LogP contribution in [0.3, 0.4) is 0 Å². The van der Waals surface area contributed by atoms with Gasteiger partial charge >= 0.3 is 0 Å². The molecule has 5 unspecified atom stereocenters. The molecule has 0 spiro atoms. The predicted molar refractivity (Wildman–Crippen MR) is 123 cm³/mol. The molecular formula is C25H41FO11. The normalized spacial score (nSPS) is 48.5. The molecular weight excluding hydrogens is 495 g/mol. The number of methoxy groups -OCH3 is 1. The number of ether oxygens (including phenoxy) is 11. The molecule has 214 valence electrons. The fourth-order valence-electron chi connectivity index (χ4n) is 5.61. The summed E-state index contributed by atoms with van der Waals surface area (Å²) in [6.07, 6.45) is -4.97. The molecule has 6 saturated heterocycles. The molecule has 0 aliphatic carbocycles. The summed E-state index contributed by atoms with van der Waals surface area (Å²) in [5.41, 5.74) is 0. The minimum absolute atomic E-state index is 0.166. The van der Waals surface area contributed by atoms with Crippen LogP contribution in [0, 0.1) is 0 Å². The minimum atomic E-state index is -1.26. The van der Waals surface area contributed by atoms with Crippen molar-refractivity contribution in [1.82, 2.24) is 0 Å². The van der Waals surface area contributed by atoms with Crippen molar-refractivity contribution >= 4 is 0 Å². The van der Waals surface area contributed by atoms with Gasteiger partial charge in [0.25, 0.3) is 0 Å². The van der Waals surface area contributed by atoms with Crippen LogP contribution in [-0.2, 0) is 52.1 Å². The van der Waals surface area contributed by atoms with Crippen molar-refractivity contribution in [2.24, 2.45) is 0 Å². The maximum atomic E-state index is 14.3. The van der Waals surface area contributed by atoms with Crippen LogP contribution >= 0.6 is 0 Å². The van der Waals surface area contributed by atoms with Crippen LogP contribution in [0.1, 0.15) is 55.4 Å². The maximum absolute atomic E-state index is 14.3. The topological polar surface area (TPSA) is 102 Å². The monoisotopic (exact) mass is 536 g/mol. The second-order valence-corrected chi connectivity index (χ2v) is 12.0. The average Bonchev–Trinajstić information content (AvgIpc) is 3.56. The second kappa shape index (κ2) is 9.55. The summed E-state index contributed by atoms with van der Waals surface area (Å²) in [6.45, 7) is 15.4. The Morgan fingerprint density at radius 1 is 0.568 bits per heavy atom. The van der Waals surface area contributed by atoms with Crippen LogP contribution in [-0.4, -0.2) is 105 Å². The fourth-order valence-corrected chi connectivity index (χ4v) is 5.61. The van der Waals surface area contributed by atoms with Gasteiger partial charge in [-0.1, -0.05) is 0 Å². The molecule has 6 rings (SSSR count). The molecule has 10 atom stereocenters. The first kappa shape index (κ1) is 28.0. The Labute approximate surface area is 217 Å². The molecule has 6 aliphatic rings. The van der Waals surface area contributed by atoms with Gasteiger partial charge in [0, 0.05) is 7.11 Å². The fraction of sp³-hybridized carbons (Fsp3) is 1.00. The molecule has 6 fully saturated rings. The third-order valence-electron chi connectivity index (χ3n) is 7.10. The Hall–Kier alpha value is -0.510. The lowest BCUT2D eigenvalue weighted by molar-refractivity contribution is -0.234. The van der Waals surface area contributed by atoms with Crippen molar-refractivity contribution in [1.29, 1.82) is 0 Å². The molecule has 0 aromatic carbocycles. The van der Waals surface area contributed by atoms with Gasteiger partial charge in [0.1, 0.15) is 42.7 Å². The largest absolute Gasteiger partial charge is 0.376 e. The van der Waals surface area contributed by atoms with Gasteiger partial charge in [-0.15, -0.1) is 0 Å². The van der Waals surface area contributed by atoms with Crippen LogP contribution in [0.5, 0.6) is 0 Å². The lowest BCUT2D eigenvalue weighted by atomic mass is 10.1. The van der Waals surface area contributed by atoms with E-state index in [0.717, 1.165) is 0 Å². The molecule has 6 aliphatic heterocycles. The molecule has 0 aromatic rings. The van der Waals surface area contributed by atoms with Gasteiger partial charge in [-0.05, 0) is 55.4 Å². The molecule has 12 heteroatoms. The third kappa shape index (κ3) is 5.71. The molecule has 0 bridgehead atoms. The van der Waals surface area contributed by atoms with Crippen LogP contribution in [0.15, 0.2) is 0 Å². The Morgan fingerprint density at radius 3 is 1.49 bits per heavy atom. The number of halogens is 1. The first-order valence-corrected chi connectivity index (χ1v) is 12.9. The van der Waals surface area contributed by atoms with E-state index < -0.39 is 60.2 Å². The number of fused-ring (bicyclic) bond motifs is 2. The van der Waals surface area contributed by atoms with Gasteiger partial charge in [0.05, 0.1) is 13.2 Å². The van der Waals surface area contributed by atoms with E-state index in [2.05, 4.69) is 0 Å². The highest BCUT2D eigenvalue weighted by Crippen LogP contribution is 2.43. The first-order chi connectivity index (χ1) is 17.1. The summed E-state index contributed by atoms with van der Waals surface area (Å²) in [5, 5.41) is 0. The van der Waals surface area contributed by atoms with Crippen molar-refractivity contribution in [2.75, 3.05) is 20.3 Å².